The molecule has 6 nitrogen and oxygen atoms in total. The van der Waals surface area contributed by atoms with Gasteiger partial charge < -0.3 is 10.6 Å². The number of aryl methyl sites for hydroxylation is 1. The second kappa shape index (κ2) is 8.94. The van der Waals surface area contributed by atoms with E-state index in [9.17, 15) is 9.59 Å². The number of carbonyl (C=O) groups is 2. The zero-order valence-corrected chi connectivity index (χ0v) is 14.8. The number of aromatic nitrogens is 1. The van der Waals surface area contributed by atoms with Crippen LogP contribution in [0.25, 0.3) is 0 Å². The standard InChI is InChI=1S/C19H24N4O2/c1-14-6-8-15(9-7-14)17(23(2)3)19(25)22-12-11-21-18(24)16-5-4-10-20-13-16/h4-10,13,17H,11-12H2,1-3H3,(H,21,24)(H,22,25). The lowest BCUT2D eigenvalue weighted by Gasteiger charge is -2.24. The van der Waals surface area contributed by atoms with Crippen molar-refractivity contribution >= 4 is 11.8 Å². The molecular formula is C19H24N4O2. The molecule has 0 radical (unpaired) electrons. The van der Waals surface area contributed by atoms with Crippen molar-refractivity contribution < 1.29 is 9.59 Å². The van der Waals surface area contributed by atoms with Crippen LogP contribution < -0.4 is 10.6 Å². The van der Waals surface area contributed by atoms with Gasteiger partial charge in [0.1, 0.15) is 6.04 Å². The van der Waals surface area contributed by atoms with Crippen LogP contribution in [0.5, 0.6) is 0 Å². The number of pyridine rings is 1. The lowest BCUT2D eigenvalue weighted by Crippen LogP contribution is -2.40. The molecule has 1 aromatic heterocycles. The Kier molecular flexibility index (Phi) is 6.65. The summed E-state index contributed by atoms with van der Waals surface area (Å²) in [5.41, 5.74) is 2.59. The number of amides is 2. The van der Waals surface area contributed by atoms with Crippen LogP contribution in [0.3, 0.4) is 0 Å². The zero-order valence-electron chi connectivity index (χ0n) is 14.8. The first-order chi connectivity index (χ1) is 12.0. The number of rotatable bonds is 7. The van der Waals surface area contributed by atoms with Crippen LogP contribution in [0, 0.1) is 6.92 Å². The van der Waals surface area contributed by atoms with E-state index in [1.807, 2.05) is 50.2 Å². The summed E-state index contributed by atoms with van der Waals surface area (Å²) in [4.78, 5) is 30.2. The minimum atomic E-state index is -0.366. The molecule has 0 saturated heterocycles. The van der Waals surface area contributed by atoms with Crippen molar-refractivity contribution in [3.8, 4) is 0 Å². The molecule has 0 aliphatic heterocycles. The Bertz CT molecular complexity index is 699. The van der Waals surface area contributed by atoms with Crippen LogP contribution in [-0.4, -0.2) is 48.9 Å². The fourth-order valence-electron chi connectivity index (χ4n) is 2.49. The molecule has 6 heteroatoms. The van der Waals surface area contributed by atoms with Crippen LogP contribution in [-0.2, 0) is 4.79 Å². The fraction of sp³-hybridized carbons (Fsp3) is 0.316. The van der Waals surface area contributed by atoms with E-state index in [1.54, 1.807) is 18.3 Å². The number of likely N-dealkylation sites (N-methyl/N-ethyl adjacent to an activating group) is 1. The second-order valence-corrected chi connectivity index (χ2v) is 6.07. The van der Waals surface area contributed by atoms with E-state index in [1.165, 1.54) is 6.20 Å². The highest BCUT2D eigenvalue weighted by atomic mass is 16.2. The van der Waals surface area contributed by atoms with Crippen molar-refractivity contribution in [3.63, 3.8) is 0 Å². The predicted octanol–water partition coefficient (Wildman–Crippen LogP) is 1.54. The Hall–Kier alpha value is -2.73. The Balaban J connectivity index is 1.85. The van der Waals surface area contributed by atoms with Crippen molar-refractivity contribution in [1.82, 2.24) is 20.5 Å². The summed E-state index contributed by atoms with van der Waals surface area (Å²) >= 11 is 0. The predicted molar refractivity (Wildman–Crippen MR) is 97.2 cm³/mol. The van der Waals surface area contributed by atoms with E-state index in [0.29, 0.717) is 18.7 Å². The van der Waals surface area contributed by atoms with Gasteiger partial charge in [0.15, 0.2) is 0 Å². The monoisotopic (exact) mass is 340 g/mol. The van der Waals surface area contributed by atoms with Crippen molar-refractivity contribution in [2.75, 3.05) is 27.2 Å². The minimum Gasteiger partial charge on any atom is -0.353 e. The van der Waals surface area contributed by atoms with Crippen LogP contribution in [0.4, 0.5) is 0 Å². The van der Waals surface area contributed by atoms with Crippen molar-refractivity contribution in [3.05, 3.63) is 65.5 Å². The van der Waals surface area contributed by atoms with Gasteiger partial charge in [-0.05, 0) is 38.7 Å². The summed E-state index contributed by atoms with van der Waals surface area (Å²) < 4.78 is 0. The number of hydrogen-bond donors (Lipinski definition) is 2. The van der Waals surface area contributed by atoms with E-state index in [2.05, 4.69) is 15.6 Å². The Morgan fingerprint density at radius 2 is 1.76 bits per heavy atom. The number of nitrogens with zero attached hydrogens (tertiary/aromatic N) is 2. The highest BCUT2D eigenvalue weighted by Crippen LogP contribution is 2.18. The van der Waals surface area contributed by atoms with Crippen LogP contribution in [0.15, 0.2) is 48.8 Å². The topological polar surface area (TPSA) is 74.3 Å². The second-order valence-electron chi connectivity index (χ2n) is 6.07. The molecule has 0 bridgehead atoms. The molecular weight excluding hydrogens is 316 g/mol. The first-order valence-corrected chi connectivity index (χ1v) is 8.18. The van der Waals surface area contributed by atoms with Gasteiger partial charge in [0.2, 0.25) is 5.91 Å². The van der Waals surface area contributed by atoms with Crippen LogP contribution >= 0.6 is 0 Å². The first-order valence-electron chi connectivity index (χ1n) is 8.18. The molecule has 1 heterocycles. The van der Waals surface area contributed by atoms with E-state index < -0.39 is 0 Å². The summed E-state index contributed by atoms with van der Waals surface area (Å²) in [6.07, 6.45) is 3.12. The third-order valence-electron chi connectivity index (χ3n) is 3.79. The third kappa shape index (κ3) is 5.39. The van der Waals surface area contributed by atoms with E-state index in [0.717, 1.165) is 11.1 Å². The molecule has 1 unspecified atom stereocenters. The lowest BCUT2D eigenvalue weighted by atomic mass is 10.0. The molecule has 2 N–H and O–H groups in total. The highest BCUT2D eigenvalue weighted by molar-refractivity contribution is 5.93. The molecule has 2 aromatic rings. The lowest BCUT2D eigenvalue weighted by molar-refractivity contribution is -0.125. The third-order valence-corrected chi connectivity index (χ3v) is 3.79. The number of carbonyl (C=O) groups excluding carboxylic acids is 2. The molecule has 2 amide bonds. The largest absolute Gasteiger partial charge is 0.353 e. The molecule has 0 spiro atoms. The molecule has 2 rings (SSSR count). The van der Waals surface area contributed by atoms with Gasteiger partial charge in [-0.25, -0.2) is 0 Å². The summed E-state index contributed by atoms with van der Waals surface area (Å²) in [5, 5.41) is 5.64. The maximum atomic E-state index is 12.5. The zero-order chi connectivity index (χ0) is 18.2. The summed E-state index contributed by atoms with van der Waals surface area (Å²) in [6.45, 7) is 2.73. The van der Waals surface area contributed by atoms with Crippen molar-refractivity contribution in [2.45, 2.75) is 13.0 Å². The maximum Gasteiger partial charge on any atom is 0.252 e. The Morgan fingerprint density at radius 1 is 1.08 bits per heavy atom. The van der Waals surface area contributed by atoms with Gasteiger partial charge in [0, 0.05) is 25.5 Å². The summed E-state index contributed by atoms with van der Waals surface area (Å²) in [7, 11) is 3.74. The summed E-state index contributed by atoms with van der Waals surface area (Å²) in [5.74, 6) is -0.297. The van der Waals surface area contributed by atoms with Gasteiger partial charge in [-0.2, -0.15) is 0 Å². The van der Waals surface area contributed by atoms with Gasteiger partial charge in [0.25, 0.3) is 5.91 Å². The molecule has 0 saturated carbocycles. The Morgan fingerprint density at radius 3 is 2.36 bits per heavy atom. The van der Waals surface area contributed by atoms with Crippen molar-refractivity contribution in [2.24, 2.45) is 0 Å². The molecule has 0 aliphatic carbocycles. The number of nitrogens with one attached hydrogen (secondary N) is 2. The molecule has 0 aliphatic rings. The smallest absolute Gasteiger partial charge is 0.252 e. The van der Waals surface area contributed by atoms with Crippen molar-refractivity contribution in [1.29, 1.82) is 0 Å². The van der Waals surface area contributed by atoms with Crippen LogP contribution in [0.1, 0.15) is 27.5 Å². The van der Waals surface area contributed by atoms with E-state index >= 15 is 0 Å². The number of hydrogen-bond acceptors (Lipinski definition) is 4. The number of benzene rings is 1. The highest BCUT2D eigenvalue weighted by Gasteiger charge is 2.22. The fourth-order valence-corrected chi connectivity index (χ4v) is 2.49. The summed E-state index contributed by atoms with van der Waals surface area (Å²) in [6, 6.07) is 10.9. The minimum absolute atomic E-state index is 0.0931. The average molecular weight is 340 g/mol. The van der Waals surface area contributed by atoms with Gasteiger partial charge in [-0.1, -0.05) is 29.8 Å². The Labute approximate surface area is 148 Å². The van der Waals surface area contributed by atoms with Gasteiger partial charge >= 0.3 is 0 Å². The van der Waals surface area contributed by atoms with E-state index in [4.69, 9.17) is 0 Å². The molecule has 25 heavy (non-hydrogen) atoms. The molecule has 0 fully saturated rings. The van der Waals surface area contributed by atoms with Crippen LogP contribution in [0.2, 0.25) is 0 Å². The van der Waals surface area contributed by atoms with Gasteiger partial charge in [-0.15, -0.1) is 0 Å². The molecule has 1 atom stereocenters. The maximum absolute atomic E-state index is 12.5. The van der Waals surface area contributed by atoms with Gasteiger partial charge in [-0.3, -0.25) is 19.5 Å². The molecule has 132 valence electrons. The first kappa shape index (κ1) is 18.6. The van der Waals surface area contributed by atoms with Gasteiger partial charge in [0.05, 0.1) is 5.56 Å². The SMILES string of the molecule is Cc1ccc(C(C(=O)NCCNC(=O)c2cccnc2)N(C)C)cc1. The molecule has 1 aromatic carbocycles. The average Bonchev–Trinajstić information content (AvgIpc) is 2.61. The normalized spacial score (nSPS) is 11.8. The quantitative estimate of drug-likeness (QED) is 0.750. The van der Waals surface area contributed by atoms with E-state index in [-0.39, 0.29) is 17.9 Å².